The summed E-state index contributed by atoms with van der Waals surface area (Å²) in [6, 6.07) is 7.19. The van der Waals surface area contributed by atoms with Crippen molar-refractivity contribution < 1.29 is 9.59 Å². The van der Waals surface area contributed by atoms with Crippen LogP contribution in [0.15, 0.2) is 24.3 Å². The number of hydrogen-bond donors (Lipinski definition) is 2. The Bertz CT molecular complexity index is 499. The van der Waals surface area contributed by atoms with Crippen molar-refractivity contribution >= 4 is 11.8 Å². The first-order chi connectivity index (χ1) is 9.12. The van der Waals surface area contributed by atoms with E-state index in [4.69, 9.17) is 5.73 Å². The lowest BCUT2D eigenvalue weighted by Gasteiger charge is -2.26. The number of benzene rings is 1. The zero-order valence-electron chi connectivity index (χ0n) is 11.2. The summed E-state index contributed by atoms with van der Waals surface area (Å²) in [4.78, 5) is 23.9. The third-order valence-corrected chi connectivity index (χ3v) is 3.78. The number of nitrogens with two attached hydrogens (primary N) is 1. The highest BCUT2D eigenvalue weighted by molar-refractivity contribution is 6.06. The van der Waals surface area contributed by atoms with Crippen LogP contribution in [0.5, 0.6) is 0 Å². The van der Waals surface area contributed by atoms with E-state index in [1.165, 1.54) is 0 Å². The number of carbonyl (C=O) groups excluding carboxylic acids is 2. The molecule has 0 aromatic heterocycles. The maximum Gasteiger partial charge on any atom is 0.252 e. The maximum atomic E-state index is 12.0. The number of unbranched alkanes of at least 4 members (excludes halogenated alkanes) is 3. The molecular weight excluding hydrogens is 240 g/mol. The van der Waals surface area contributed by atoms with Gasteiger partial charge in [-0.2, -0.15) is 0 Å². The summed E-state index contributed by atoms with van der Waals surface area (Å²) >= 11 is 0. The van der Waals surface area contributed by atoms with Crippen LogP contribution < -0.4 is 11.1 Å². The molecule has 1 aromatic carbocycles. The van der Waals surface area contributed by atoms with Gasteiger partial charge in [0.1, 0.15) is 5.54 Å². The van der Waals surface area contributed by atoms with Gasteiger partial charge in [-0.25, -0.2) is 0 Å². The molecule has 19 heavy (non-hydrogen) atoms. The monoisotopic (exact) mass is 260 g/mol. The molecule has 0 spiro atoms. The smallest absolute Gasteiger partial charge is 0.252 e. The molecule has 2 rings (SSSR count). The zero-order chi connectivity index (χ0) is 13.9. The van der Waals surface area contributed by atoms with Gasteiger partial charge in [-0.15, -0.1) is 0 Å². The van der Waals surface area contributed by atoms with Crippen molar-refractivity contribution in [1.82, 2.24) is 5.32 Å². The number of amides is 2. The number of nitrogens with one attached hydrogen (secondary N) is 1. The van der Waals surface area contributed by atoms with E-state index in [0.29, 0.717) is 12.0 Å². The summed E-state index contributed by atoms with van der Waals surface area (Å²) in [7, 11) is 0. The summed E-state index contributed by atoms with van der Waals surface area (Å²) in [5.74, 6) is -0.674. The van der Waals surface area contributed by atoms with Gasteiger partial charge in [-0.3, -0.25) is 9.59 Å². The van der Waals surface area contributed by atoms with Crippen molar-refractivity contribution in [3.05, 3.63) is 35.4 Å². The van der Waals surface area contributed by atoms with Gasteiger partial charge in [-0.05, 0) is 18.1 Å². The van der Waals surface area contributed by atoms with E-state index in [1.807, 2.05) is 12.1 Å². The quantitative estimate of drug-likeness (QED) is 0.769. The van der Waals surface area contributed by atoms with Crippen LogP contribution in [0.4, 0.5) is 0 Å². The Balaban J connectivity index is 2.27. The van der Waals surface area contributed by atoms with Crippen molar-refractivity contribution in [1.29, 1.82) is 0 Å². The van der Waals surface area contributed by atoms with Crippen LogP contribution in [0.2, 0.25) is 0 Å². The summed E-state index contributed by atoms with van der Waals surface area (Å²) in [5, 5.41) is 2.80. The zero-order valence-corrected chi connectivity index (χ0v) is 11.2. The average Bonchev–Trinajstić information content (AvgIpc) is 2.70. The van der Waals surface area contributed by atoms with Crippen LogP contribution in [0.3, 0.4) is 0 Å². The molecule has 1 aliphatic heterocycles. The number of fused-ring (bicyclic) bond motifs is 1. The van der Waals surface area contributed by atoms with Crippen LogP contribution >= 0.6 is 0 Å². The summed E-state index contributed by atoms with van der Waals surface area (Å²) in [5.41, 5.74) is 5.85. The van der Waals surface area contributed by atoms with Crippen molar-refractivity contribution in [3.8, 4) is 0 Å². The van der Waals surface area contributed by atoms with Crippen LogP contribution in [-0.4, -0.2) is 11.8 Å². The SMILES string of the molecule is CCCCCCC1(C(N)=O)NC(=O)c2ccccc21. The van der Waals surface area contributed by atoms with Gasteiger partial charge in [-0.1, -0.05) is 50.8 Å². The highest BCUT2D eigenvalue weighted by Crippen LogP contribution is 2.35. The molecule has 0 saturated carbocycles. The predicted octanol–water partition coefficient (Wildman–Crippen LogP) is 2.08. The fraction of sp³-hybridized carbons (Fsp3) is 0.467. The molecule has 0 bridgehead atoms. The van der Waals surface area contributed by atoms with Gasteiger partial charge >= 0.3 is 0 Å². The standard InChI is InChI=1S/C15H20N2O2/c1-2-3-4-7-10-15(14(16)19)12-9-6-5-8-11(12)13(18)17-15/h5-6,8-9H,2-4,7,10H2,1H3,(H2,16,19)(H,17,18). The molecule has 4 heteroatoms. The van der Waals surface area contributed by atoms with Gasteiger partial charge in [0.25, 0.3) is 5.91 Å². The van der Waals surface area contributed by atoms with Crippen molar-refractivity contribution in [2.75, 3.05) is 0 Å². The van der Waals surface area contributed by atoms with Gasteiger partial charge < -0.3 is 11.1 Å². The Morgan fingerprint density at radius 1 is 1.26 bits per heavy atom. The number of primary amides is 1. The fourth-order valence-electron chi connectivity index (χ4n) is 2.71. The van der Waals surface area contributed by atoms with E-state index in [1.54, 1.807) is 12.1 Å². The lowest BCUT2D eigenvalue weighted by Crippen LogP contribution is -2.50. The highest BCUT2D eigenvalue weighted by Gasteiger charge is 2.46. The lowest BCUT2D eigenvalue weighted by molar-refractivity contribution is -0.124. The summed E-state index contributed by atoms with van der Waals surface area (Å²) in [6.45, 7) is 2.14. The molecule has 2 amide bonds. The summed E-state index contributed by atoms with van der Waals surface area (Å²) in [6.07, 6.45) is 4.76. The third-order valence-electron chi connectivity index (χ3n) is 3.78. The number of rotatable bonds is 6. The predicted molar refractivity (Wildman–Crippen MR) is 73.5 cm³/mol. The van der Waals surface area contributed by atoms with Crippen LogP contribution in [-0.2, 0) is 10.3 Å². The third kappa shape index (κ3) is 2.35. The fourth-order valence-corrected chi connectivity index (χ4v) is 2.71. The second kappa shape index (κ2) is 5.43. The molecule has 3 N–H and O–H groups in total. The minimum atomic E-state index is -1.01. The Labute approximate surface area is 113 Å². The molecule has 102 valence electrons. The van der Waals surface area contributed by atoms with E-state index in [-0.39, 0.29) is 5.91 Å². The van der Waals surface area contributed by atoms with Gasteiger partial charge in [0, 0.05) is 5.56 Å². The molecule has 1 heterocycles. The maximum absolute atomic E-state index is 12.0. The Kier molecular flexibility index (Phi) is 3.88. The molecule has 1 aliphatic rings. The van der Waals surface area contributed by atoms with Gasteiger partial charge in [0.2, 0.25) is 5.91 Å². The molecule has 4 nitrogen and oxygen atoms in total. The largest absolute Gasteiger partial charge is 0.367 e. The first-order valence-electron chi connectivity index (χ1n) is 6.83. The molecule has 1 atom stereocenters. The number of hydrogen-bond acceptors (Lipinski definition) is 2. The number of carbonyl (C=O) groups is 2. The first-order valence-corrected chi connectivity index (χ1v) is 6.83. The topological polar surface area (TPSA) is 72.2 Å². The Morgan fingerprint density at radius 2 is 2.00 bits per heavy atom. The molecule has 1 aromatic rings. The Hall–Kier alpha value is -1.84. The molecular formula is C15H20N2O2. The molecule has 0 fully saturated rings. The molecule has 0 saturated heterocycles. The summed E-state index contributed by atoms with van der Waals surface area (Å²) < 4.78 is 0. The second-order valence-corrected chi connectivity index (χ2v) is 5.08. The molecule has 1 unspecified atom stereocenters. The minimum Gasteiger partial charge on any atom is -0.367 e. The average molecular weight is 260 g/mol. The first kappa shape index (κ1) is 13.6. The Morgan fingerprint density at radius 3 is 2.68 bits per heavy atom. The minimum absolute atomic E-state index is 0.204. The van der Waals surface area contributed by atoms with Crippen molar-refractivity contribution in [2.24, 2.45) is 5.73 Å². The van der Waals surface area contributed by atoms with E-state index in [9.17, 15) is 9.59 Å². The van der Waals surface area contributed by atoms with E-state index >= 15 is 0 Å². The molecule has 0 aliphatic carbocycles. The van der Waals surface area contributed by atoms with Crippen molar-refractivity contribution in [3.63, 3.8) is 0 Å². The van der Waals surface area contributed by atoms with Gasteiger partial charge in [0.15, 0.2) is 0 Å². The van der Waals surface area contributed by atoms with Crippen LogP contribution in [0, 0.1) is 0 Å². The normalized spacial score (nSPS) is 21.0. The van der Waals surface area contributed by atoms with Gasteiger partial charge in [0.05, 0.1) is 0 Å². The highest BCUT2D eigenvalue weighted by atomic mass is 16.2. The van der Waals surface area contributed by atoms with E-state index < -0.39 is 11.4 Å². The lowest BCUT2D eigenvalue weighted by atomic mass is 9.84. The molecule has 0 radical (unpaired) electrons. The van der Waals surface area contributed by atoms with Crippen LogP contribution in [0.25, 0.3) is 0 Å². The second-order valence-electron chi connectivity index (χ2n) is 5.08. The van der Waals surface area contributed by atoms with E-state index in [2.05, 4.69) is 12.2 Å². The van der Waals surface area contributed by atoms with E-state index in [0.717, 1.165) is 31.2 Å². The van der Waals surface area contributed by atoms with Crippen molar-refractivity contribution in [2.45, 2.75) is 44.6 Å². The van der Waals surface area contributed by atoms with Crippen LogP contribution in [0.1, 0.15) is 54.9 Å².